The van der Waals surface area contributed by atoms with Gasteiger partial charge in [0.15, 0.2) is 0 Å². The van der Waals surface area contributed by atoms with Crippen LogP contribution in [0.3, 0.4) is 0 Å². The van der Waals surface area contributed by atoms with Gasteiger partial charge in [-0.1, -0.05) is 19.1 Å². The van der Waals surface area contributed by atoms with Gasteiger partial charge in [-0.25, -0.2) is 14.0 Å². The Morgan fingerprint density at radius 2 is 1.92 bits per heavy atom. The summed E-state index contributed by atoms with van der Waals surface area (Å²) in [7, 11) is 1.59. The molecule has 1 aromatic carbocycles. The maximum Gasteiger partial charge on any atom is 0.337 e. The average Bonchev–Trinajstić information content (AvgIpc) is 2.60. The molecule has 0 saturated heterocycles. The minimum atomic E-state index is -0.644. The molecular weight excluding hydrogens is 327 g/mol. The van der Waals surface area contributed by atoms with E-state index in [4.69, 9.17) is 9.47 Å². The number of amides is 2. The monoisotopic (exact) mass is 350 g/mol. The molecule has 0 saturated carbocycles. The molecule has 0 bridgehead atoms. The van der Waals surface area contributed by atoms with E-state index in [1.54, 1.807) is 26.1 Å². The molecule has 0 aliphatic carbocycles. The largest absolute Gasteiger partial charge is 0.463 e. The fraction of sp³-hybridized carbons (Fsp3) is 0.444. The predicted octanol–water partition coefficient (Wildman–Crippen LogP) is 3.07. The van der Waals surface area contributed by atoms with Crippen molar-refractivity contribution < 1.29 is 23.5 Å². The maximum atomic E-state index is 13.2. The van der Waals surface area contributed by atoms with Crippen molar-refractivity contribution in [3.63, 3.8) is 0 Å². The molecule has 136 valence electrons. The predicted molar refractivity (Wildman–Crippen MR) is 90.0 cm³/mol. The summed E-state index contributed by atoms with van der Waals surface area (Å²) in [5, 5.41) is 0. The smallest absolute Gasteiger partial charge is 0.337 e. The van der Waals surface area contributed by atoms with Gasteiger partial charge in [-0.3, -0.25) is 4.90 Å². The number of benzene rings is 1. The first-order valence-corrected chi connectivity index (χ1v) is 8.25. The van der Waals surface area contributed by atoms with E-state index in [1.165, 1.54) is 28.1 Å². The second-order valence-corrected chi connectivity index (χ2v) is 5.66. The number of urea groups is 1. The van der Waals surface area contributed by atoms with E-state index >= 15 is 0 Å². The van der Waals surface area contributed by atoms with Crippen molar-refractivity contribution in [2.45, 2.75) is 26.3 Å². The van der Waals surface area contributed by atoms with Crippen LogP contribution >= 0.6 is 0 Å². The molecule has 0 spiro atoms. The highest BCUT2D eigenvalue weighted by Crippen LogP contribution is 2.33. The summed E-state index contributed by atoms with van der Waals surface area (Å²) in [6, 6.07) is 4.76. The van der Waals surface area contributed by atoms with E-state index in [-0.39, 0.29) is 25.2 Å². The van der Waals surface area contributed by atoms with Gasteiger partial charge in [-0.15, -0.1) is 0 Å². The number of nitrogens with zero attached hydrogens (tertiary/aromatic N) is 2. The minimum absolute atomic E-state index is 0.0516. The van der Waals surface area contributed by atoms with Crippen molar-refractivity contribution in [3.05, 3.63) is 47.4 Å². The topological polar surface area (TPSA) is 59.1 Å². The lowest BCUT2D eigenvalue weighted by molar-refractivity contribution is -0.139. The summed E-state index contributed by atoms with van der Waals surface area (Å²) in [4.78, 5) is 27.8. The molecule has 1 aromatic rings. The SMILES string of the molecule is CCCOCN1C=C(C(=O)OCC)C(c2ccc(F)cc2)N(C)C1=O. The Labute approximate surface area is 146 Å². The molecule has 1 unspecified atom stereocenters. The Morgan fingerprint density at radius 1 is 1.24 bits per heavy atom. The van der Waals surface area contributed by atoms with Gasteiger partial charge in [0.2, 0.25) is 0 Å². The zero-order valence-corrected chi connectivity index (χ0v) is 14.7. The van der Waals surface area contributed by atoms with Gasteiger partial charge < -0.3 is 14.4 Å². The van der Waals surface area contributed by atoms with Crippen LogP contribution in [0.5, 0.6) is 0 Å². The number of halogens is 1. The normalized spacial score (nSPS) is 17.5. The standard InChI is InChI=1S/C18H23FN2O4/c1-4-10-24-12-21-11-15(17(22)25-5-2)16(20(3)18(21)23)13-6-8-14(19)9-7-13/h6-9,11,16H,4-5,10,12H2,1-3H3. The van der Waals surface area contributed by atoms with Crippen molar-refractivity contribution in [2.24, 2.45) is 0 Å². The molecule has 7 heteroatoms. The number of hydrogen-bond donors (Lipinski definition) is 0. The lowest BCUT2D eigenvalue weighted by Gasteiger charge is -2.37. The molecule has 0 N–H and O–H groups in total. The second-order valence-electron chi connectivity index (χ2n) is 5.66. The fourth-order valence-electron chi connectivity index (χ4n) is 2.64. The van der Waals surface area contributed by atoms with Crippen molar-refractivity contribution in [1.29, 1.82) is 0 Å². The molecule has 0 radical (unpaired) electrons. The Morgan fingerprint density at radius 3 is 2.52 bits per heavy atom. The Kier molecular flexibility index (Phi) is 6.52. The Hall–Kier alpha value is -2.41. The van der Waals surface area contributed by atoms with Crippen LogP contribution in [0.25, 0.3) is 0 Å². The summed E-state index contributed by atoms with van der Waals surface area (Å²) in [5.41, 5.74) is 0.932. The first-order chi connectivity index (χ1) is 12.0. The maximum absolute atomic E-state index is 13.2. The van der Waals surface area contributed by atoms with E-state index in [0.29, 0.717) is 17.7 Å². The molecule has 1 heterocycles. The molecular formula is C18H23FN2O4. The summed E-state index contributed by atoms with van der Waals surface area (Å²) in [6.07, 6.45) is 2.29. The third kappa shape index (κ3) is 4.36. The summed E-state index contributed by atoms with van der Waals surface area (Å²) in [5.74, 6) is -0.901. The number of esters is 1. The van der Waals surface area contributed by atoms with E-state index in [1.807, 2.05) is 6.92 Å². The molecule has 0 aromatic heterocycles. The lowest BCUT2D eigenvalue weighted by atomic mass is 9.96. The third-order valence-corrected chi connectivity index (χ3v) is 3.80. The van der Waals surface area contributed by atoms with Gasteiger partial charge in [0, 0.05) is 19.9 Å². The summed E-state index contributed by atoms with van der Waals surface area (Å²) >= 11 is 0. The van der Waals surface area contributed by atoms with E-state index in [9.17, 15) is 14.0 Å². The van der Waals surface area contributed by atoms with Crippen LogP contribution in [0, 0.1) is 5.82 Å². The number of carbonyl (C=O) groups excluding carboxylic acids is 2. The van der Waals surface area contributed by atoms with Gasteiger partial charge in [0.05, 0.1) is 18.2 Å². The van der Waals surface area contributed by atoms with Gasteiger partial charge >= 0.3 is 12.0 Å². The molecule has 0 fully saturated rings. The highest BCUT2D eigenvalue weighted by atomic mass is 19.1. The van der Waals surface area contributed by atoms with Crippen molar-refractivity contribution in [1.82, 2.24) is 9.80 Å². The molecule has 1 aliphatic heterocycles. The highest BCUT2D eigenvalue weighted by Gasteiger charge is 2.37. The summed E-state index contributed by atoms with van der Waals surface area (Å²) in [6.45, 7) is 4.46. The zero-order chi connectivity index (χ0) is 18.4. The lowest BCUT2D eigenvalue weighted by Crippen LogP contribution is -2.47. The third-order valence-electron chi connectivity index (χ3n) is 3.80. The molecule has 1 aliphatic rings. The van der Waals surface area contributed by atoms with Gasteiger partial charge in [-0.2, -0.15) is 0 Å². The van der Waals surface area contributed by atoms with Crippen molar-refractivity contribution in [2.75, 3.05) is 27.0 Å². The van der Waals surface area contributed by atoms with Gasteiger partial charge in [0.25, 0.3) is 0 Å². The quantitative estimate of drug-likeness (QED) is 0.560. The molecule has 25 heavy (non-hydrogen) atoms. The van der Waals surface area contributed by atoms with Crippen LogP contribution in [0.15, 0.2) is 36.0 Å². The highest BCUT2D eigenvalue weighted by molar-refractivity contribution is 5.93. The van der Waals surface area contributed by atoms with Gasteiger partial charge in [0.1, 0.15) is 12.5 Å². The minimum Gasteiger partial charge on any atom is -0.463 e. The first-order valence-electron chi connectivity index (χ1n) is 8.25. The van der Waals surface area contributed by atoms with Crippen molar-refractivity contribution in [3.8, 4) is 0 Å². The van der Waals surface area contributed by atoms with E-state index < -0.39 is 12.0 Å². The second kappa shape index (κ2) is 8.62. The van der Waals surface area contributed by atoms with Gasteiger partial charge in [-0.05, 0) is 31.0 Å². The Bertz CT molecular complexity index is 645. The molecule has 1 atom stereocenters. The Balaban J connectivity index is 2.38. The number of rotatable bonds is 7. The fourth-order valence-corrected chi connectivity index (χ4v) is 2.64. The summed E-state index contributed by atoms with van der Waals surface area (Å²) < 4.78 is 23.8. The first kappa shape index (κ1) is 18.9. The average molecular weight is 350 g/mol. The van der Waals surface area contributed by atoms with E-state index in [0.717, 1.165) is 6.42 Å². The number of ether oxygens (including phenoxy) is 2. The van der Waals surface area contributed by atoms with Crippen molar-refractivity contribution >= 4 is 12.0 Å². The number of hydrogen-bond acceptors (Lipinski definition) is 4. The molecule has 6 nitrogen and oxygen atoms in total. The zero-order valence-electron chi connectivity index (χ0n) is 14.7. The van der Waals surface area contributed by atoms with Crippen LogP contribution in [0.1, 0.15) is 31.9 Å². The van der Waals surface area contributed by atoms with Crippen LogP contribution in [0.4, 0.5) is 9.18 Å². The molecule has 2 rings (SSSR count). The number of carbonyl (C=O) groups is 2. The molecule has 2 amide bonds. The number of likely N-dealkylation sites (N-methyl/N-ethyl adjacent to an activating group) is 1. The van der Waals surface area contributed by atoms with E-state index in [2.05, 4.69) is 0 Å². The van der Waals surface area contributed by atoms with Crippen LogP contribution in [-0.2, 0) is 14.3 Å². The van der Waals surface area contributed by atoms with Crippen LogP contribution < -0.4 is 0 Å². The van der Waals surface area contributed by atoms with Crippen LogP contribution in [0.2, 0.25) is 0 Å². The van der Waals surface area contributed by atoms with Crippen LogP contribution in [-0.4, -0.2) is 48.8 Å².